The maximum atomic E-state index is 12.1. The average molecular weight is 413 g/mol. The second-order valence-electron chi connectivity index (χ2n) is 6.22. The molecule has 4 rings (SSSR count). The van der Waals surface area contributed by atoms with Crippen LogP contribution in [0, 0.1) is 0 Å². The number of carbonyl (C=O) groups is 1. The normalized spacial score (nSPS) is 11.1. The van der Waals surface area contributed by atoms with Crippen molar-refractivity contribution in [3.8, 4) is 11.1 Å². The molecule has 1 aromatic heterocycles. The van der Waals surface area contributed by atoms with Crippen molar-refractivity contribution in [2.75, 3.05) is 0 Å². The lowest BCUT2D eigenvalue weighted by molar-refractivity contribution is -0.617. The van der Waals surface area contributed by atoms with Crippen LogP contribution in [0.5, 0.6) is 0 Å². The van der Waals surface area contributed by atoms with Crippen LogP contribution in [0.1, 0.15) is 10.4 Å². The lowest BCUT2D eigenvalue weighted by Crippen LogP contribution is -2.31. The Morgan fingerprint density at radius 1 is 0.931 bits per heavy atom. The largest absolute Gasteiger partial charge is 0.722 e. The summed E-state index contributed by atoms with van der Waals surface area (Å²) in [4.78, 5) is 12.1. The molecule has 3 aromatic carbocycles. The number of aromatic nitrogens is 1. The van der Waals surface area contributed by atoms with Crippen molar-refractivity contribution in [3.63, 3.8) is 0 Å². The number of hydrogen-bond donors (Lipinski definition) is 1. The van der Waals surface area contributed by atoms with Gasteiger partial charge in [-0.05, 0) is 17.2 Å². The fourth-order valence-corrected chi connectivity index (χ4v) is 3.40. The Bertz CT molecular complexity index is 1310. The van der Waals surface area contributed by atoms with Gasteiger partial charge in [0.05, 0.1) is 16.3 Å². The zero-order valence-electron chi connectivity index (χ0n) is 15.2. The van der Waals surface area contributed by atoms with E-state index in [-0.39, 0.29) is 0 Å². The summed E-state index contributed by atoms with van der Waals surface area (Å²) in [5.74, 6) is -0.903. The predicted molar refractivity (Wildman–Crippen MR) is 106 cm³/mol. The number of nitrogens with zero attached hydrogens (tertiary/aromatic N) is 1. The lowest BCUT2D eigenvalue weighted by Gasteiger charge is -2.11. The number of aryl methyl sites for hydroxylation is 1. The molecule has 0 aliphatic carbocycles. The summed E-state index contributed by atoms with van der Waals surface area (Å²) >= 11 is 0. The van der Waals surface area contributed by atoms with Crippen molar-refractivity contribution in [2.24, 2.45) is 7.05 Å². The number of fused-ring (bicyclic) bond motifs is 2. The van der Waals surface area contributed by atoms with Crippen LogP contribution in [0.15, 0.2) is 72.8 Å². The third-order valence-electron chi connectivity index (χ3n) is 4.49. The average Bonchev–Trinajstić information content (AvgIpc) is 2.67. The van der Waals surface area contributed by atoms with Crippen LogP contribution in [-0.2, 0) is 17.6 Å². The molecule has 0 spiro atoms. The molecule has 0 atom stereocenters. The van der Waals surface area contributed by atoms with E-state index in [0.717, 1.165) is 32.9 Å². The second kappa shape index (κ2) is 7.94. The summed E-state index contributed by atoms with van der Waals surface area (Å²) < 4.78 is 37.4. The first-order valence-electron chi connectivity index (χ1n) is 8.46. The van der Waals surface area contributed by atoms with Gasteiger partial charge in [0.1, 0.15) is 7.05 Å². The molecule has 0 unspecified atom stereocenters. The van der Waals surface area contributed by atoms with Crippen LogP contribution in [-0.4, -0.2) is 24.0 Å². The molecule has 0 saturated heterocycles. The van der Waals surface area contributed by atoms with Gasteiger partial charge in [0.25, 0.3) is 10.5 Å². The standard InChI is InChI=1S/C21H15NO2.FHO3S/c1-22-17-12-6-5-10-16(17)20(21(23)24)19-15(11-7-13-18(19)22)14-8-3-2-4-9-14;1-5(2,3)4/h2-13H,1H3;(H,2,3,4). The van der Waals surface area contributed by atoms with Gasteiger partial charge in [0.15, 0.2) is 0 Å². The molecular weight excluding hydrogens is 397 g/mol. The maximum Gasteiger partial charge on any atom is 0.337 e. The molecule has 0 fully saturated rings. The molecule has 0 saturated carbocycles. The van der Waals surface area contributed by atoms with E-state index >= 15 is 0 Å². The minimum Gasteiger partial charge on any atom is -0.722 e. The van der Waals surface area contributed by atoms with Gasteiger partial charge in [-0.25, -0.2) is 13.2 Å². The van der Waals surface area contributed by atoms with Crippen LogP contribution >= 0.6 is 0 Å². The van der Waals surface area contributed by atoms with Gasteiger partial charge in [-0.3, -0.25) is 0 Å². The molecule has 0 amide bonds. The highest BCUT2D eigenvalue weighted by Gasteiger charge is 2.24. The third-order valence-corrected chi connectivity index (χ3v) is 4.49. The fourth-order valence-electron chi connectivity index (χ4n) is 3.40. The highest BCUT2D eigenvalue weighted by atomic mass is 32.3. The Hall–Kier alpha value is -3.36. The monoisotopic (exact) mass is 413 g/mol. The molecule has 4 aromatic rings. The smallest absolute Gasteiger partial charge is 0.337 e. The molecule has 0 bridgehead atoms. The van der Waals surface area contributed by atoms with E-state index in [1.54, 1.807) is 0 Å². The van der Waals surface area contributed by atoms with Gasteiger partial charge < -0.3 is 9.66 Å². The summed E-state index contributed by atoms with van der Waals surface area (Å²) in [6.45, 7) is 0. The third kappa shape index (κ3) is 4.39. The first-order chi connectivity index (χ1) is 13.7. The Morgan fingerprint density at radius 3 is 2.10 bits per heavy atom. The van der Waals surface area contributed by atoms with E-state index in [0.29, 0.717) is 5.56 Å². The summed E-state index contributed by atoms with van der Waals surface area (Å²) in [5, 5.41) is 11.5. The van der Waals surface area contributed by atoms with E-state index in [4.69, 9.17) is 13.0 Å². The predicted octanol–water partition coefficient (Wildman–Crippen LogP) is 3.60. The second-order valence-corrected chi connectivity index (χ2v) is 7.00. The summed E-state index contributed by atoms with van der Waals surface area (Å²) in [6.07, 6.45) is 0. The fraction of sp³-hybridized carbons (Fsp3) is 0.0476. The Balaban J connectivity index is 0.000000431. The van der Waals surface area contributed by atoms with Crippen molar-refractivity contribution >= 4 is 38.3 Å². The van der Waals surface area contributed by atoms with Crippen LogP contribution in [0.2, 0.25) is 0 Å². The number of carboxylic acid groups (broad SMARTS) is 1. The number of aromatic carboxylic acids is 1. The zero-order valence-corrected chi connectivity index (χ0v) is 16.1. The minimum atomic E-state index is -5.42. The van der Waals surface area contributed by atoms with Crippen LogP contribution in [0.25, 0.3) is 32.9 Å². The minimum absolute atomic E-state index is 0.359. The number of para-hydroxylation sites is 1. The van der Waals surface area contributed by atoms with E-state index in [1.165, 1.54) is 0 Å². The zero-order chi connectivity index (χ0) is 21.2. The van der Waals surface area contributed by atoms with Gasteiger partial charge in [-0.2, -0.15) is 4.57 Å². The van der Waals surface area contributed by atoms with Gasteiger partial charge >= 0.3 is 5.97 Å². The first-order valence-corrected chi connectivity index (χ1v) is 9.77. The maximum absolute atomic E-state index is 12.1. The van der Waals surface area contributed by atoms with Gasteiger partial charge in [-0.1, -0.05) is 54.6 Å². The van der Waals surface area contributed by atoms with Crippen LogP contribution in [0.4, 0.5) is 3.89 Å². The van der Waals surface area contributed by atoms with E-state index < -0.39 is 16.5 Å². The van der Waals surface area contributed by atoms with Gasteiger partial charge in [-0.15, -0.1) is 3.89 Å². The molecule has 8 heteroatoms. The van der Waals surface area contributed by atoms with Crippen molar-refractivity contribution in [1.82, 2.24) is 0 Å². The molecular formula is C21H16FNO5S. The summed E-state index contributed by atoms with van der Waals surface area (Å²) in [7, 11) is -3.44. The molecule has 0 aliphatic heterocycles. The highest BCUT2D eigenvalue weighted by Crippen LogP contribution is 2.33. The quantitative estimate of drug-likeness (QED) is 0.234. The Morgan fingerprint density at radius 2 is 1.48 bits per heavy atom. The SMILES string of the molecule is C[n+]1c2ccccc2c(C(=O)O)c2c(-c3ccccc3)cccc21.O=S(=O)([O-])F. The van der Waals surface area contributed by atoms with Crippen molar-refractivity contribution in [1.29, 1.82) is 0 Å². The van der Waals surface area contributed by atoms with E-state index in [9.17, 15) is 13.8 Å². The van der Waals surface area contributed by atoms with E-state index in [1.807, 2.05) is 79.8 Å². The number of benzene rings is 3. The van der Waals surface area contributed by atoms with Crippen molar-refractivity contribution in [3.05, 3.63) is 78.4 Å². The Kier molecular flexibility index (Phi) is 5.58. The topological polar surface area (TPSA) is 98.4 Å². The molecule has 6 nitrogen and oxygen atoms in total. The number of pyridine rings is 1. The molecule has 0 aliphatic rings. The first kappa shape index (κ1) is 20.4. The van der Waals surface area contributed by atoms with E-state index in [2.05, 4.69) is 4.57 Å². The molecule has 1 N–H and O–H groups in total. The molecule has 148 valence electrons. The van der Waals surface area contributed by atoms with Crippen molar-refractivity contribution in [2.45, 2.75) is 0 Å². The van der Waals surface area contributed by atoms with Crippen LogP contribution < -0.4 is 4.57 Å². The van der Waals surface area contributed by atoms with Gasteiger partial charge in [0, 0.05) is 12.1 Å². The van der Waals surface area contributed by atoms with Crippen LogP contribution in [0.3, 0.4) is 0 Å². The summed E-state index contributed by atoms with van der Waals surface area (Å²) in [5.41, 5.74) is 4.13. The lowest BCUT2D eigenvalue weighted by atomic mass is 9.94. The number of hydrogen-bond acceptors (Lipinski definition) is 4. The molecule has 1 heterocycles. The molecule has 0 radical (unpaired) electrons. The highest BCUT2D eigenvalue weighted by molar-refractivity contribution is 7.80. The van der Waals surface area contributed by atoms with Crippen molar-refractivity contribution < 1.29 is 31.3 Å². The number of rotatable bonds is 2. The number of halogens is 1. The Labute approximate surface area is 166 Å². The molecule has 29 heavy (non-hydrogen) atoms. The summed E-state index contributed by atoms with van der Waals surface area (Å²) in [6, 6.07) is 23.5. The number of carboxylic acids is 1. The van der Waals surface area contributed by atoms with Gasteiger partial charge in [0.2, 0.25) is 11.0 Å².